The molecule has 1 aromatic carbocycles. The maximum Gasteiger partial charge on any atom is 0.234 e. The van der Waals surface area contributed by atoms with Gasteiger partial charge in [0.1, 0.15) is 5.78 Å². The Morgan fingerprint density at radius 3 is 2.21 bits per heavy atom. The van der Waals surface area contributed by atoms with Crippen LogP contribution in [0.4, 0.5) is 5.69 Å². The molecule has 1 N–H and O–H groups in total. The average molecular weight is 279 g/mol. The first kappa shape index (κ1) is 15.8. The Balaban J connectivity index is 2.33. The monoisotopic (exact) mass is 279 g/mol. The molecule has 0 radical (unpaired) electrons. The van der Waals surface area contributed by atoms with Gasteiger partial charge in [-0.25, -0.2) is 0 Å². The number of nitrogens with one attached hydrogen (secondary N) is 1. The lowest BCUT2D eigenvalue weighted by Crippen LogP contribution is -2.23. The molecular weight excluding hydrogens is 258 g/mol. The van der Waals surface area contributed by atoms with Crippen LogP contribution < -0.4 is 5.32 Å². The fourth-order valence-electron chi connectivity index (χ4n) is 1.29. The van der Waals surface area contributed by atoms with Gasteiger partial charge in [-0.1, -0.05) is 38.5 Å². The molecule has 19 heavy (non-hydrogen) atoms. The second-order valence-corrected chi connectivity index (χ2v) is 6.57. The number of hydrogen-bond acceptors (Lipinski definition) is 3. The Labute approximate surface area is 119 Å². The summed E-state index contributed by atoms with van der Waals surface area (Å²) >= 11 is 1.36. The Morgan fingerprint density at radius 2 is 1.68 bits per heavy atom. The number of ketones is 1. The predicted octanol–water partition coefficient (Wildman–Crippen LogP) is 3.28. The third-order valence-corrected chi connectivity index (χ3v) is 3.57. The zero-order valence-corrected chi connectivity index (χ0v) is 12.8. The van der Waals surface area contributed by atoms with E-state index in [1.165, 1.54) is 11.8 Å². The number of amides is 1. The van der Waals surface area contributed by atoms with Crippen LogP contribution >= 0.6 is 11.8 Å². The van der Waals surface area contributed by atoms with Crippen LogP contribution in [0.5, 0.6) is 0 Å². The van der Waals surface area contributed by atoms with Crippen LogP contribution in [0, 0.1) is 12.3 Å². The standard InChI is InChI=1S/C15H21NO2S/c1-11-5-7-12(8-6-11)16-14(18)10-19-9-13(17)15(2,3)4/h5-8H,9-10H2,1-4H3,(H,16,18). The van der Waals surface area contributed by atoms with Crippen LogP contribution in [0.3, 0.4) is 0 Å². The van der Waals surface area contributed by atoms with Crippen molar-refractivity contribution in [2.24, 2.45) is 5.41 Å². The highest BCUT2D eigenvalue weighted by Crippen LogP contribution is 2.18. The number of carbonyl (C=O) groups excluding carboxylic acids is 2. The zero-order chi connectivity index (χ0) is 14.5. The van der Waals surface area contributed by atoms with E-state index in [-0.39, 0.29) is 17.1 Å². The summed E-state index contributed by atoms with van der Waals surface area (Å²) in [6, 6.07) is 7.65. The fraction of sp³-hybridized carbons (Fsp3) is 0.467. The Bertz CT molecular complexity index is 446. The summed E-state index contributed by atoms with van der Waals surface area (Å²) in [6.07, 6.45) is 0. The quantitative estimate of drug-likeness (QED) is 0.899. The number of hydrogen-bond donors (Lipinski definition) is 1. The van der Waals surface area contributed by atoms with Crippen LogP contribution in [0.2, 0.25) is 0 Å². The Kier molecular flexibility index (Phi) is 5.60. The number of carbonyl (C=O) groups is 2. The van der Waals surface area contributed by atoms with Crippen LogP contribution in [-0.2, 0) is 9.59 Å². The molecule has 1 aromatic rings. The second kappa shape index (κ2) is 6.75. The van der Waals surface area contributed by atoms with E-state index in [9.17, 15) is 9.59 Å². The van der Waals surface area contributed by atoms with Gasteiger partial charge >= 0.3 is 0 Å². The van der Waals surface area contributed by atoms with Crippen molar-refractivity contribution in [3.8, 4) is 0 Å². The van der Waals surface area contributed by atoms with Crippen molar-refractivity contribution in [3.63, 3.8) is 0 Å². The number of aryl methyl sites for hydroxylation is 1. The largest absolute Gasteiger partial charge is 0.325 e. The van der Waals surface area contributed by atoms with Crippen LogP contribution in [0.1, 0.15) is 26.3 Å². The predicted molar refractivity (Wildman–Crippen MR) is 81.6 cm³/mol. The molecule has 1 amide bonds. The van der Waals surface area contributed by atoms with Crippen molar-refractivity contribution in [1.82, 2.24) is 0 Å². The van der Waals surface area contributed by atoms with Crippen LogP contribution in [-0.4, -0.2) is 23.2 Å². The van der Waals surface area contributed by atoms with Crippen molar-refractivity contribution in [3.05, 3.63) is 29.8 Å². The van der Waals surface area contributed by atoms with Gasteiger partial charge in [0.15, 0.2) is 0 Å². The smallest absolute Gasteiger partial charge is 0.234 e. The molecule has 0 bridgehead atoms. The van der Waals surface area contributed by atoms with E-state index in [1.807, 2.05) is 52.0 Å². The number of Topliss-reactive ketones (excluding diaryl/α,β-unsaturated/α-hetero) is 1. The van der Waals surface area contributed by atoms with E-state index in [0.717, 1.165) is 11.3 Å². The molecule has 0 aliphatic carbocycles. The molecule has 0 spiro atoms. The van der Waals surface area contributed by atoms with E-state index in [1.54, 1.807) is 0 Å². The minimum absolute atomic E-state index is 0.0736. The molecule has 0 fully saturated rings. The molecule has 0 saturated carbocycles. The third kappa shape index (κ3) is 5.92. The van der Waals surface area contributed by atoms with E-state index >= 15 is 0 Å². The highest BCUT2D eigenvalue weighted by molar-refractivity contribution is 8.00. The lowest BCUT2D eigenvalue weighted by Gasteiger charge is -2.15. The van der Waals surface area contributed by atoms with Crippen molar-refractivity contribution in [2.75, 3.05) is 16.8 Å². The lowest BCUT2D eigenvalue weighted by molar-refractivity contribution is -0.123. The number of benzene rings is 1. The maximum atomic E-state index is 11.7. The van der Waals surface area contributed by atoms with Gasteiger partial charge in [-0.15, -0.1) is 11.8 Å². The second-order valence-electron chi connectivity index (χ2n) is 5.58. The van der Waals surface area contributed by atoms with Crippen molar-refractivity contribution in [2.45, 2.75) is 27.7 Å². The van der Waals surface area contributed by atoms with E-state index in [4.69, 9.17) is 0 Å². The van der Waals surface area contributed by atoms with E-state index in [2.05, 4.69) is 5.32 Å². The van der Waals surface area contributed by atoms with Crippen LogP contribution in [0.15, 0.2) is 24.3 Å². The summed E-state index contributed by atoms with van der Waals surface area (Å²) in [5, 5.41) is 2.81. The van der Waals surface area contributed by atoms with Gasteiger partial charge < -0.3 is 5.32 Å². The maximum absolute atomic E-state index is 11.7. The first-order valence-corrected chi connectivity index (χ1v) is 7.42. The van der Waals surface area contributed by atoms with Gasteiger partial charge in [0.25, 0.3) is 0 Å². The van der Waals surface area contributed by atoms with Gasteiger partial charge in [-0.3, -0.25) is 9.59 Å². The van der Waals surface area contributed by atoms with Crippen molar-refractivity contribution < 1.29 is 9.59 Å². The topological polar surface area (TPSA) is 46.2 Å². The number of rotatable bonds is 5. The van der Waals surface area contributed by atoms with Crippen molar-refractivity contribution in [1.29, 1.82) is 0 Å². The average Bonchev–Trinajstić information content (AvgIpc) is 2.31. The van der Waals surface area contributed by atoms with Gasteiger partial charge in [0, 0.05) is 11.1 Å². The molecule has 0 unspecified atom stereocenters. The van der Waals surface area contributed by atoms with Gasteiger partial charge in [0.2, 0.25) is 5.91 Å². The van der Waals surface area contributed by atoms with Gasteiger partial charge in [0.05, 0.1) is 11.5 Å². The summed E-state index contributed by atoms with van der Waals surface area (Å²) in [5.74, 6) is 0.775. The first-order chi connectivity index (χ1) is 8.79. The van der Waals surface area contributed by atoms with Crippen LogP contribution in [0.25, 0.3) is 0 Å². The molecule has 0 heterocycles. The Morgan fingerprint density at radius 1 is 1.11 bits per heavy atom. The summed E-state index contributed by atoms with van der Waals surface area (Å²) in [4.78, 5) is 23.4. The molecule has 4 heteroatoms. The molecule has 0 aliphatic heterocycles. The molecule has 0 atom stereocenters. The zero-order valence-electron chi connectivity index (χ0n) is 11.9. The summed E-state index contributed by atoms with van der Waals surface area (Å²) < 4.78 is 0. The van der Waals surface area contributed by atoms with Crippen molar-refractivity contribution >= 4 is 29.1 Å². The minimum Gasteiger partial charge on any atom is -0.325 e. The molecule has 0 aromatic heterocycles. The minimum atomic E-state index is -0.333. The SMILES string of the molecule is Cc1ccc(NC(=O)CSCC(=O)C(C)(C)C)cc1. The third-order valence-electron chi connectivity index (χ3n) is 2.64. The number of anilines is 1. The summed E-state index contributed by atoms with van der Waals surface area (Å²) in [5.41, 5.74) is 1.61. The van der Waals surface area contributed by atoms with E-state index in [0.29, 0.717) is 11.5 Å². The van der Waals surface area contributed by atoms with Gasteiger partial charge in [-0.2, -0.15) is 0 Å². The first-order valence-electron chi connectivity index (χ1n) is 6.26. The molecule has 1 rings (SSSR count). The summed E-state index contributed by atoms with van der Waals surface area (Å²) in [6.45, 7) is 7.67. The van der Waals surface area contributed by atoms with E-state index < -0.39 is 0 Å². The lowest BCUT2D eigenvalue weighted by atomic mass is 9.92. The molecule has 0 saturated heterocycles. The summed E-state index contributed by atoms with van der Waals surface area (Å²) in [7, 11) is 0. The molecule has 104 valence electrons. The van der Waals surface area contributed by atoms with Gasteiger partial charge in [-0.05, 0) is 19.1 Å². The molecule has 0 aliphatic rings. The molecular formula is C15H21NO2S. The fourth-order valence-corrected chi connectivity index (χ4v) is 2.26. The highest BCUT2D eigenvalue weighted by atomic mass is 32.2. The highest BCUT2D eigenvalue weighted by Gasteiger charge is 2.20. The Hall–Kier alpha value is -1.29. The molecule has 3 nitrogen and oxygen atoms in total. The number of thioether (sulfide) groups is 1. The normalized spacial score (nSPS) is 11.2.